The van der Waals surface area contributed by atoms with Crippen LogP contribution >= 0.6 is 34.4 Å². The molecule has 0 aliphatic carbocycles. The highest BCUT2D eigenvalue weighted by atomic mass is 32.2. The van der Waals surface area contributed by atoms with Gasteiger partial charge in [-0.2, -0.15) is 0 Å². The molecule has 0 saturated carbocycles. The standard InChI is InChI=1S/C16H20N4O2S3/c1-10-5-3-6-11(2)20(10)13(21)9-24-16-19-18-15(25-16)17-14(22)12-7-4-8-23-12/h4,7-8,10-11H,3,5-6,9H2,1-2H3,(H,17,18,22)/t10-,11+. The predicted octanol–water partition coefficient (Wildman–Crippen LogP) is 3.73. The number of rotatable bonds is 5. The maximum Gasteiger partial charge on any atom is 0.267 e. The van der Waals surface area contributed by atoms with E-state index in [4.69, 9.17) is 0 Å². The van der Waals surface area contributed by atoms with Crippen LogP contribution in [-0.2, 0) is 4.79 Å². The molecule has 3 heterocycles. The highest BCUT2D eigenvalue weighted by Gasteiger charge is 2.28. The summed E-state index contributed by atoms with van der Waals surface area (Å²) in [5.41, 5.74) is 0. The van der Waals surface area contributed by atoms with E-state index in [-0.39, 0.29) is 11.8 Å². The van der Waals surface area contributed by atoms with Gasteiger partial charge in [0.25, 0.3) is 5.91 Å². The lowest BCUT2D eigenvalue weighted by Crippen LogP contribution is -2.48. The van der Waals surface area contributed by atoms with Crippen molar-refractivity contribution in [3.05, 3.63) is 22.4 Å². The minimum Gasteiger partial charge on any atom is -0.337 e. The van der Waals surface area contributed by atoms with E-state index in [1.54, 1.807) is 6.07 Å². The molecule has 1 aliphatic rings. The van der Waals surface area contributed by atoms with Gasteiger partial charge in [-0.15, -0.1) is 21.5 Å². The van der Waals surface area contributed by atoms with Crippen molar-refractivity contribution in [2.24, 2.45) is 0 Å². The fraction of sp³-hybridized carbons (Fsp3) is 0.500. The van der Waals surface area contributed by atoms with Crippen LogP contribution in [0.15, 0.2) is 21.9 Å². The summed E-state index contributed by atoms with van der Waals surface area (Å²) in [6.07, 6.45) is 3.32. The molecule has 0 aromatic carbocycles. The number of likely N-dealkylation sites (tertiary alicyclic amines) is 1. The molecule has 0 unspecified atom stereocenters. The van der Waals surface area contributed by atoms with Gasteiger partial charge in [-0.05, 0) is 44.6 Å². The van der Waals surface area contributed by atoms with E-state index in [0.29, 0.717) is 32.2 Å². The Bertz CT molecular complexity index is 722. The minimum atomic E-state index is -0.185. The fourth-order valence-corrected chi connectivity index (χ4v) is 5.23. The number of carbonyl (C=O) groups excluding carboxylic acids is 2. The van der Waals surface area contributed by atoms with Gasteiger partial charge >= 0.3 is 0 Å². The lowest BCUT2D eigenvalue weighted by atomic mass is 9.98. The van der Waals surface area contributed by atoms with Gasteiger partial charge in [0.05, 0.1) is 10.6 Å². The van der Waals surface area contributed by atoms with Crippen molar-refractivity contribution < 1.29 is 9.59 Å². The summed E-state index contributed by atoms with van der Waals surface area (Å²) in [4.78, 5) is 27.2. The van der Waals surface area contributed by atoms with Crippen molar-refractivity contribution in [3.8, 4) is 0 Å². The van der Waals surface area contributed by atoms with Crippen LogP contribution in [0.2, 0.25) is 0 Å². The molecule has 9 heteroatoms. The Hall–Kier alpha value is -1.45. The first-order chi connectivity index (χ1) is 12.0. The Morgan fingerprint density at radius 3 is 2.76 bits per heavy atom. The van der Waals surface area contributed by atoms with Gasteiger partial charge in [0.15, 0.2) is 4.34 Å². The van der Waals surface area contributed by atoms with E-state index in [9.17, 15) is 9.59 Å². The average molecular weight is 397 g/mol. The molecular formula is C16H20N4O2S3. The Balaban J connectivity index is 1.53. The van der Waals surface area contributed by atoms with Crippen LogP contribution in [0.3, 0.4) is 0 Å². The predicted molar refractivity (Wildman–Crippen MR) is 103 cm³/mol. The van der Waals surface area contributed by atoms with E-state index < -0.39 is 0 Å². The maximum atomic E-state index is 12.5. The Morgan fingerprint density at radius 2 is 2.08 bits per heavy atom. The number of anilines is 1. The van der Waals surface area contributed by atoms with E-state index in [1.165, 1.54) is 40.9 Å². The molecule has 1 aliphatic heterocycles. The van der Waals surface area contributed by atoms with Crippen molar-refractivity contribution in [2.45, 2.75) is 49.5 Å². The van der Waals surface area contributed by atoms with Crippen molar-refractivity contribution in [3.63, 3.8) is 0 Å². The van der Waals surface area contributed by atoms with Crippen molar-refractivity contribution in [1.82, 2.24) is 15.1 Å². The molecule has 2 aromatic heterocycles. The monoisotopic (exact) mass is 396 g/mol. The molecule has 0 bridgehead atoms. The topological polar surface area (TPSA) is 75.2 Å². The number of thiophene rings is 1. The van der Waals surface area contributed by atoms with Gasteiger partial charge in [-0.1, -0.05) is 29.2 Å². The first-order valence-electron chi connectivity index (χ1n) is 8.17. The third kappa shape index (κ3) is 4.59. The smallest absolute Gasteiger partial charge is 0.267 e. The van der Waals surface area contributed by atoms with E-state index in [2.05, 4.69) is 29.4 Å². The molecule has 2 aromatic rings. The largest absolute Gasteiger partial charge is 0.337 e. The third-order valence-electron chi connectivity index (χ3n) is 4.17. The van der Waals surface area contributed by atoms with E-state index >= 15 is 0 Å². The molecule has 0 spiro atoms. The van der Waals surface area contributed by atoms with Gasteiger partial charge in [-0.25, -0.2) is 0 Å². The van der Waals surface area contributed by atoms with E-state index in [0.717, 1.165) is 12.8 Å². The number of piperidine rings is 1. The molecule has 1 saturated heterocycles. The quantitative estimate of drug-likeness (QED) is 0.616. The molecule has 6 nitrogen and oxygen atoms in total. The van der Waals surface area contributed by atoms with Crippen molar-refractivity contribution >= 4 is 51.4 Å². The normalized spacial score (nSPS) is 20.5. The average Bonchev–Trinajstić information content (AvgIpc) is 3.24. The number of aromatic nitrogens is 2. The number of hydrogen-bond donors (Lipinski definition) is 1. The minimum absolute atomic E-state index is 0.143. The molecule has 1 fully saturated rings. The summed E-state index contributed by atoms with van der Waals surface area (Å²) in [7, 11) is 0. The molecule has 1 N–H and O–H groups in total. The summed E-state index contributed by atoms with van der Waals surface area (Å²) in [6, 6.07) is 4.18. The number of nitrogens with one attached hydrogen (secondary N) is 1. The SMILES string of the molecule is C[C@@H]1CCC[C@H](C)N1C(=O)CSc1nnc(NC(=O)c2cccs2)s1. The zero-order valence-electron chi connectivity index (χ0n) is 14.1. The van der Waals surface area contributed by atoms with Gasteiger partial charge in [0.2, 0.25) is 11.0 Å². The second kappa shape index (κ2) is 8.29. The van der Waals surface area contributed by atoms with Crippen molar-refractivity contribution in [2.75, 3.05) is 11.1 Å². The van der Waals surface area contributed by atoms with Crippen LogP contribution in [-0.4, -0.2) is 44.7 Å². The van der Waals surface area contributed by atoms with Gasteiger partial charge in [-0.3, -0.25) is 14.9 Å². The maximum absolute atomic E-state index is 12.5. The number of nitrogens with zero attached hydrogens (tertiary/aromatic N) is 3. The lowest BCUT2D eigenvalue weighted by Gasteiger charge is -2.39. The highest BCUT2D eigenvalue weighted by molar-refractivity contribution is 8.01. The number of hydrogen-bond acceptors (Lipinski definition) is 7. The van der Waals surface area contributed by atoms with Gasteiger partial charge in [0.1, 0.15) is 0 Å². The summed E-state index contributed by atoms with van der Waals surface area (Å²) in [6.45, 7) is 4.22. The van der Waals surface area contributed by atoms with Gasteiger partial charge < -0.3 is 4.90 Å². The van der Waals surface area contributed by atoms with Crippen LogP contribution < -0.4 is 5.32 Å². The fourth-order valence-electron chi connectivity index (χ4n) is 3.00. The summed E-state index contributed by atoms with van der Waals surface area (Å²) in [5.74, 6) is 0.307. The van der Waals surface area contributed by atoms with Gasteiger partial charge in [0, 0.05) is 12.1 Å². The number of thioether (sulfide) groups is 1. The Kier molecular flexibility index (Phi) is 6.08. The molecule has 25 heavy (non-hydrogen) atoms. The highest BCUT2D eigenvalue weighted by Crippen LogP contribution is 2.28. The lowest BCUT2D eigenvalue weighted by molar-refractivity contribution is -0.134. The molecule has 0 radical (unpaired) electrons. The van der Waals surface area contributed by atoms with Crippen LogP contribution in [0.4, 0.5) is 5.13 Å². The first-order valence-corrected chi connectivity index (χ1v) is 10.8. The number of carbonyl (C=O) groups is 2. The van der Waals surface area contributed by atoms with Crippen molar-refractivity contribution in [1.29, 1.82) is 0 Å². The first kappa shape index (κ1) is 18.3. The van der Waals surface area contributed by atoms with Crippen LogP contribution in [0.5, 0.6) is 0 Å². The van der Waals surface area contributed by atoms with Crippen LogP contribution in [0, 0.1) is 0 Å². The Labute approximate surface area is 159 Å². The molecular weight excluding hydrogens is 376 g/mol. The number of amides is 2. The second-order valence-electron chi connectivity index (χ2n) is 6.02. The molecule has 2 atom stereocenters. The zero-order valence-corrected chi connectivity index (χ0v) is 16.5. The van der Waals surface area contributed by atoms with E-state index in [1.807, 2.05) is 16.3 Å². The second-order valence-corrected chi connectivity index (χ2v) is 9.17. The molecule has 3 rings (SSSR count). The van der Waals surface area contributed by atoms with Crippen LogP contribution in [0.25, 0.3) is 0 Å². The zero-order chi connectivity index (χ0) is 17.8. The van der Waals surface area contributed by atoms with Crippen LogP contribution in [0.1, 0.15) is 42.8 Å². The summed E-state index contributed by atoms with van der Waals surface area (Å²) >= 11 is 4.04. The third-order valence-corrected chi connectivity index (χ3v) is 7.00. The molecule has 134 valence electrons. The molecule has 2 amide bonds. The summed E-state index contributed by atoms with van der Waals surface area (Å²) < 4.78 is 0.687. The summed E-state index contributed by atoms with van der Waals surface area (Å²) in [5, 5.41) is 13.1. The Morgan fingerprint density at radius 1 is 1.32 bits per heavy atom.